The number of rotatable bonds is 9. The molecular formula is C15H25BrN2. The van der Waals surface area contributed by atoms with Crippen LogP contribution in [0.2, 0.25) is 0 Å². The van der Waals surface area contributed by atoms with Crippen molar-refractivity contribution in [3.63, 3.8) is 0 Å². The third kappa shape index (κ3) is 5.98. The molecule has 102 valence electrons. The van der Waals surface area contributed by atoms with Gasteiger partial charge < -0.3 is 4.90 Å². The Morgan fingerprint density at radius 3 is 2.06 bits per heavy atom. The molecule has 1 aromatic carbocycles. The maximum Gasteiger partial charge on any atom is 0.0234 e. The van der Waals surface area contributed by atoms with Crippen LogP contribution in [0.3, 0.4) is 0 Å². The third-order valence-electron chi connectivity index (χ3n) is 3.28. The van der Waals surface area contributed by atoms with E-state index in [2.05, 4.69) is 69.9 Å². The Labute approximate surface area is 120 Å². The summed E-state index contributed by atoms with van der Waals surface area (Å²) in [6.45, 7) is 11.2. The van der Waals surface area contributed by atoms with Crippen LogP contribution < -0.4 is 0 Å². The molecule has 0 aliphatic rings. The minimum atomic E-state index is 1.04. The predicted octanol–water partition coefficient (Wildman–Crippen LogP) is 3.23. The van der Waals surface area contributed by atoms with E-state index in [-0.39, 0.29) is 0 Å². The molecule has 0 bridgehead atoms. The number of hydrogen-bond donors (Lipinski definition) is 0. The van der Waals surface area contributed by atoms with Crippen molar-refractivity contribution in [2.45, 2.75) is 20.4 Å². The Hall–Kier alpha value is -0.380. The van der Waals surface area contributed by atoms with Gasteiger partial charge >= 0.3 is 0 Å². The zero-order valence-electron chi connectivity index (χ0n) is 11.6. The first-order chi connectivity index (χ1) is 8.80. The molecule has 1 aromatic rings. The van der Waals surface area contributed by atoms with Crippen LogP contribution in [0.4, 0.5) is 0 Å². The lowest BCUT2D eigenvalue weighted by Gasteiger charge is -2.25. The molecule has 0 amide bonds. The Morgan fingerprint density at radius 1 is 0.889 bits per heavy atom. The molecule has 0 N–H and O–H groups in total. The molecule has 0 aliphatic heterocycles. The van der Waals surface area contributed by atoms with Crippen molar-refractivity contribution in [3.8, 4) is 0 Å². The van der Waals surface area contributed by atoms with Crippen LogP contribution in [0, 0.1) is 0 Å². The van der Waals surface area contributed by atoms with E-state index in [0.717, 1.165) is 44.6 Å². The quantitative estimate of drug-likeness (QED) is 0.646. The minimum absolute atomic E-state index is 1.04. The van der Waals surface area contributed by atoms with E-state index in [9.17, 15) is 0 Å². The summed E-state index contributed by atoms with van der Waals surface area (Å²) in [7, 11) is 0. The van der Waals surface area contributed by atoms with Gasteiger partial charge in [0.1, 0.15) is 0 Å². The molecule has 0 atom stereocenters. The summed E-state index contributed by atoms with van der Waals surface area (Å²) >= 11 is 3.55. The van der Waals surface area contributed by atoms with Crippen molar-refractivity contribution in [1.82, 2.24) is 9.80 Å². The highest BCUT2D eigenvalue weighted by Gasteiger charge is 2.07. The van der Waals surface area contributed by atoms with Gasteiger partial charge in [-0.25, -0.2) is 0 Å². The summed E-state index contributed by atoms with van der Waals surface area (Å²) in [5.74, 6) is 0. The normalized spacial score (nSPS) is 11.4. The van der Waals surface area contributed by atoms with E-state index in [1.54, 1.807) is 0 Å². The van der Waals surface area contributed by atoms with Crippen molar-refractivity contribution in [2.24, 2.45) is 0 Å². The zero-order chi connectivity index (χ0) is 13.2. The summed E-state index contributed by atoms with van der Waals surface area (Å²) < 4.78 is 0. The molecule has 0 radical (unpaired) electrons. The van der Waals surface area contributed by atoms with Crippen molar-refractivity contribution in [1.29, 1.82) is 0 Å². The number of halogens is 1. The first-order valence-corrected chi connectivity index (χ1v) is 7.96. The van der Waals surface area contributed by atoms with E-state index in [1.807, 2.05) is 0 Å². The van der Waals surface area contributed by atoms with Gasteiger partial charge in [-0.05, 0) is 18.7 Å². The Balaban J connectivity index is 2.44. The molecule has 0 unspecified atom stereocenters. The van der Waals surface area contributed by atoms with Crippen LogP contribution in [-0.4, -0.2) is 47.9 Å². The van der Waals surface area contributed by atoms with Gasteiger partial charge in [0, 0.05) is 31.5 Å². The topological polar surface area (TPSA) is 6.48 Å². The van der Waals surface area contributed by atoms with Crippen molar-refractivity contribution in [3.05, 3.63) is 35.9 Å². The van der Waals surface area contributed by atoms with E-state index in [4.69, 9.17) is 0 Å². The second kappa shape index (κ2) is 9.54. The molecule has 0 fully saturated rings. The molecule has 18 heavy (non-hydrogen) atoms. The lowest BCUT2D eigenvalue weighted by atomic mass is 10.2. The molecule has 3 heteroatoms. The number of nitrogens with zero attached hydrogens (tertiary/aromatic N) is 2. The van der Waals surface area contributed by atoms with Gasteiger partial charge in [0.15, 0.2) is 0 Å². The number of hydrogen-bond acceptors (Lipinski definition) is 2. The van der Waals surface area contributed by atoms with Crippen molar-refractivity contribution >= 4 is 15.9 Å². The fraction of sp³-hybridized carbons (Fsp3) is 0.600. The van der Waals surface area contributed by atoms with E-state index in [0.29, 0.717) is 0 Å². The number of likely N-dealkylation sites (N-methyl/N-ethyl adjacent to an activating group) is 1. The van der Waals surface area contributed by atoms with Crippen LogP contribution in [0.15, 0.2) is 30.3 Å². The Kier molecular flexibility index (Phi) is 8.31. The van der Waals surface area contributed by atoms with E-state index < -0.39 is 0 Å². The summed E-state index contributed by atoms with van der Waals surface area (Å²) in [5, 5.41) is 1.04. The summed E-state index contributed by atoms with van der Waals surface area (Å²) in [4.78, 5) is 4.99. The largest absolute Gasteiger partial charge is 0.303 e. The third-order valence-corrected chi connectivity index (χ3v) is 3.63. The molecule has 0 saturated heterocycles. The molecule has 0 spiro atoms. The first kappa shape index (κ1) is 15.7. The average Bonchev–Trinajstić information content (AvgIpc) is 2.41. The highest BCUT2D eigenvalue weighted by molar-refractivity contribution is 9.09. The minimum Gasteiger partial charge on any atom is -0.303 e. The second-order valence-electron chi connectivity index (χ2n) is 4.48. The highest BCUT2D eigenvalue weighted by atomic mass is 79.9. The predicted molar refractivity (Wildman–Crippen MR) is 83.3 cm³/mol. The Morgan fingerprint density at radius 2 is 1.50 bits per heavy atom. The Bertz CT molecular complexity index is 299. The van der Waals surface area contributed by atoms with E-state index in [1.165, 1.54) is 5.56 Å². The SMILES string of the molecule is CCN(CC)CCN(CCBr)Cc1ccccc1. The summed E-state index contributed by atoms with van der Waals surface area (Å²) in [6, 6.07) is 10.7. The number of benzene rings is 1. The summed E-state index contributed by atoms with van der Waals surface area (Å²) in [6.07, 6.45) is 0. The zero-order valence-corrected chi connectivity index (χ0v) is 13.2. The van der Waals surface area contributed by atoms with Crippen LogP contribution in [0.1, 0.15) is 19.4 Å². The highest BCUT2D eigenvalue weighted by Crippen LogP contribution is 2.05. The monoisotopic (exact) mass is 312 g/mol. The lowest BCUT2D eigenvalue weighted by molar-refractivity contribution is 0.217. The number of alkyl halides is 1. The average molecular weight is 313 g/mol. The molecule has 0 saturated carbocycles. The first-order valence-electron chi connectivity index (χ1n) is 6.84. The standard InChI is InChI=1S/C15H25BrN2/c1-3-17(4-2)12-13-18(11-10-16)14-15-8-6-5-7-9-15/h5-9H,3-4,10-14H2,1-2H3. The van der Waals surface area contributed by atoms with Crippen LogP contribution in [0.5, 0.6) is 0 Å². The molecular weight excluding hydrogens is 288 g/mol. The van der Waals surface area contributed by atoms with Crippen molar-refractivity contribution < 1.29 is 0 Å². The maximum absolute atomic E-state index is 3.55. The fourth-order valence-corrected chi connectivity index (χ4v) is 2.56. The molecule has 0 heterocycles. The fourth-order valence-electron chi connectivity index (χ4n) is 2.05. The van der Waals surface area contributed by atoms with Gasteiger partial charge in [-0.2, -0.15) is 0 Å². The summed E-state index contributed by atoms with van der Waals surface area (Å²) in [5.41, 5.74) is 1.40. The van der Waals surface area contributed by atoms with Crippen LogP contribution in [0.25, 0.3) is 0 Å². The van der Waals surface area contributed by atoms with Gasteiger partial charge in [0.2, 0.25) is 0 Å². The molecule has 0 aliphatic carbocycles. The van der Waals surface area contributed by atoms with Gasteiger partial charge in [-0.1, -0.05) is 60.1 Å². The van der Waals surface area contributed by atoms with Crippen LogP contribution >= 0.6 is 15.9 Å². The molecule has 2 nitrogen and oxygen atoms in total. The van der Waals surface area contributed by atoms with Crippen LogP contribution in [-0.2, 0) is 6.54 Å². The molecule has 0 aromatic heterocycles. The lowest BCUT2D eigenvalue weighted by Crippen LogP contribution is -2.35. The van der Waals surface area contributed by atoms with Gasteiger partial charge in [-0.15, -0.1) is 0 Å². The molecule has 1 rings (SSSR count). The van der Waals surface area contributed by atoms with Gasteiger partial charge in [0.05, 0.1) is 0 Å². The van der Waals surface area contributed by atoms with E-state index >= 15 is 0 Å². The second-order valence-corrected chi connectivity index (χ2v) is 5.27. The van der Waals surface area contributed by atoms with Gasteiger partial charge in [0.25, 0.3) is 0 Å². The maximum atomic E-state index is 3.55. The van der Waals surface area contributed by atoms with Crippen molar-refractivity contribution in [2.75, 3.05) is 38.1 Å². The van der Waals surface area contributed by atoms with Gasteiger partial charge in [-0.3, -0.25) is 4.90 Å². The smallest absolute Gasteiger partial charge is 0.0234 e.